The van der Waals surface area contributed by atoms with E-state index in [1.165, 1.54) is 6.26 Å². The molecule has 0 radical (unpaired) electrons. The molecule has 0 spiro atoms. The van der Waals surface area contributed by atoms with Crippen molar-refractivity contribution in [1.82, 2.24) is 4.98 Å². The third-order valence-corrected chi connectivity index (χ3v) is 4.13. The van der Waals surface area contributed by atoms with Gasteiger partial charge in [0.2, 0.25) is 0 Å². The van der Waals surface area contributed by atoms with Gasteiger partial charge < -0.3 is 9.73 Å². The molecule has 0 aliphatic rings. The van der Waals surface area contributed by atoms with Crippen molar-refractivity contribution in [3.63, 3.8) is 0 Å². The van der Waals surface area contributed by atoms with Crippen LogP contribution in [0, 0.1) is 0 Å². The fourth-order valence-corrected chi connectivity index (χ4v) is 2.66. The molecule has 6 nitrogen and oxygen atoms in total. The molecule has 132 valence electrons. The zero-order valence-electron chi connectivity index (χ0n) is 14.0. The highest BCUT2D eigenvalue weighted by atomic mass is 79.9. The maximum absolute atomic E-state index is 12.9. The third-order valence-electron chi connectivity index (χ3n) is 3.66. The van der Waals surface area contributed by atoms with E-state index in [2.05, 4.69) is 26.2 Å². The molecule has 26 heavy (non-hydrogen) atoms. The molecule has 3 aromatic rings. The van der Waals surface area contributed by atoms with Gasteiger partial charge in [-0.05, 0) is 65.3 Å². The number of pyridine rings is 1. The lowest BCUT2D eigenvalue weighted by molar-refractivity contribution is 0.0981. The van der Waals surface area contributed by atoms with Crippen LogP contribution in [0.25, 0.3) is 0 Å². The van der Waals surface area contributed by atoms with Gasteiger partial charge in [-0.1, -0.05) is 6.07 Å². The number of hydrogen-bond acceptors (Lipinski definition) is 4. The van der Waals surface area contributed by atoms with Crippen molar-refractivity contribution < 1.29 is 14.0 Å². The molecule has 0 saturated carbocycles. The lowest BCUT2D eigenvalue weighted by atomic mass is 10.1. The molecule has 2 amide bonds. The van der Waals surface area contributed by atoms with Gasteiger partial charge in [-0.3, -0.25) is 14.5 Å². The predicted molar refractivity (Wildman–Crippen MR) is 102 cm³/mol. The minimum atomic E-state index is -0.374. The molecule has 3 rings (SSSR count). The molecule has 2 aromatic heterocycles. The zero-order valence-corrected chi connectivity index (χ0v) is 15.6. The van der Waals surface area contributed by atoms with Crippen LogP contribution in [0.5, 0.6) is 0 Å². The van der Waals surface area contributed by atoms with Gasteiger partial charge in [0, 0.05) is 28.5 Å². The molecule has 0 fully saturated rings. The Morgan fingerprint density at radius 3 is 2.69 bits per heavy atom. The molecule has 1 N–H and O–H groups in total. The second-order valence-corrected chi connectivity index (χ2v) is 6.31. The van der Waals surface area contributed by atoms with Crippen LogP contribution in [0.4, 0.5) is 11.5 Å². The van der Waals surface area contributed by atoms with Gasteiger partial charge in [-0.15, -0.1) is 0 Å². The molecule has 2 heterocycles. The van der Waals surface area contributed by atoms with E-state index in [1.807, 2.05) is 13.0 Å². The smallest absolute Gasteiger partial charge is 0.291 e. The molecule has 1 aromatic carbocycles. The van der Waals surface area contributed by atoms with Gasteiger partial charge in [0.1, 0.15) is 5.82 Å². The third kappa shape index (κ3) is 4.00. The number of halogens is 1. The maximum atomic E-state index is 12.9. The Morgan fingerprint density at radius 1 is 1.19 bits per heavy atom. The van der Waals surface area contributed by atoms with Gasteiger partial charge in [0.05, 0.1) is 6.26 Å². The normalized spacial score (nSPS) is 10.4. The van der Waals surface area contributed by atoms with Crippen molar-refractivity contribution in [1.29, 1.82) is 0 Å². The SMILES string of the molecule is CCN(C(=O)c1cccc(NC(=O)c2ccco2)c1)c1ccc(Br)cn1. The molecule has 0 bridgehead atoms. The van der Waals surface area contributed by atoms with E-state index in [9.17, 15) is 9.59 Å². The van der Waals surface area contributed by atoms with Crippen molar-refractivity contribution in [2.75, 3.05) is 16.8 Å². The van der Waals surface area contributed by atoms with Crippen LogP contribution in [-0.2, 0) is 0 Å². The summed E-state index contributed by atoms with van der Waals surface area (Å²) in [5.74, 6) is 0.194. The van der Waals surface area contributed by atoms with Gasteiger partial charge in [0.15, 0.2) is 5.76 Å². The Labute approximate surface area is 159 Å². The van der Waals surface area contributed by atoms with E-state index in [0.717, 1.165) is 4.47 Å². The Kier molecular flexibility index (Phi) is 5.48. The molecular formula is C19H16BrN3O3. The molecule has 0 unspecified atom stereocenters. The first-order chi connectivity index (χ1) is 12.6. The van der Waals surface area contributed by atoms with Crippen LogP contribution in [0.3, 0.4) is 0 Å². The Balaban J connectivity index is 1.80. The number of aromatic nitrogens is 1. The minimum Gasteiger partial charge on any atom is -0.459 e. The monoisotopic (exact) mass is 413 g/mol. The highest BCUT2D eigenvalue weighted by Crippen LogP contribution is 2.19. The highest BCUT2D eigenvalue weighted by Gasteiger charge is 2.18. The number of nitrogens with one attached hydrogen (secondary N) is 1. The van der Waals surface area contributed by atoms with Gasteiger partial charge in [-0.2, -0.15) is 0 Å². The van der Waals surface area contributed by atoms with Crippen molar-refractivity contribution in [3.05, 3.63) is 76.8 Å². The Hall–Kier alpha value is -2.93. The number of furan rings is 1. The van der Waals surface area contributed by atoms with Crippen LogP contribution in [0.15, 0.2) is 69.9 Å². The van der Waals surface area contributed by atoms with Crippen LogP contribution >= 0.6 is 15.9 Å². The summed E-state index contributed by atoms with van der Waals surface area (Å²) in [7, 11) is 0. The van der Waals surface area contributed by atoms with Gasteiger partial charge >= 0.3 is 0 Å². The number of benzene rings is 1. The van der Waals surface area contributed by atoms with Crippen molar-refractivity contribution in [2.45, 2.75) is 6.92 Å². The minimum absolute atomic E-state index is 0.198. The zero-order chi connectivity index (χ0) is 18.5. The van der Waals surface area contributed by atoms with Gasteiger partial charge in [-0.25, -0.2) is 4.98 Å². The predicted octanol–water partition coefficient (Wildman–Crippen LogP) is 4.36. The highest BCUT2D eigenvalue weighted by molar-refractivity contribution is 9.10. The lowest BCUT2D eigenvalue weighted by Gasteiger charge is -2.20. The number of amides is 2. The first kappa shape index (κ1) is 17.9. The summed E-state index contributed by atoms with van der Waals surface area (Å²) < 4.78 is 5.91. The Bertz CT molecular complexity index is 908. The number of carbonyl (C=O) groups excluding carboxylic acids is 2. The molecule has 7 heteroatoms. The van der Waals surface area contributed by atoms with Crippen LogP contribution < -0.4 is 10.2 Å². The van der Waals surface area contributed by atoms with E-state index in [1.54, 1.807) is 53.6 Å². The summed E-state index contributed by atoms with van der Waals surface area (Å²) in [5, 5.41) is 2.72. The Morgan fingerprint density at radius 2 is 2.04 bits per heavy atom. The lowest BCUT2D eigenvalue weighted by Crippen LogP contribution is -2.31. The average Bonchev–Trinajstić information content (AvgIpc) is 3.19. The van der Waals surface area contributed by atoms with Crippen LogP contribution in [0.1, 0.15) is 27.8 Å². The van der Waals surface area contributed by atoms with E-state index in [0.29, 0.717) is 23.6 Å². The van der Waals surface area contributed by atoms with Crippen molar-refractivity contribution in [3.8, 4) is 0 Å². The number of nitrogens with zero attached hydrogens (tertiary/aromatic N) is 2. The van der Waals surface area contributed by atoms with Crippen molar-refractivity contribution >= 4 is 39.2 Å². The summed E-state index contributed by atoms with van der Waals surface area (Å²) >= 11 is 3.33. The van der Waals surface area contributed by atoms with E-state index in [4.69, 9.17) is 4.42 Å². The summed E-state index contributed by atoms with van der Waals surface area (Å²) in [5.41, 5.74) is 0.964. The molecule has 0 aliphatic carbocycles. The van der Waals surface area contributed by atoms with E-state index >= 15 is 0 Å². The topological polar surface area (TPSA) is 75.4 Å². The fourth-order valence-electron chi connectivity index (χ4n) is 2.42. The van der Waals surface area contributed by atoms with Crippen molar-refractivity contribution in [2.24, 2.45) is 0 Å². The summed E-state index contributed by atoms with van der Waals surface area (Å²) in [6.45, 7) is 2.35. The standard InChI is InChI=1S/C19H16BrN3O3/c1-2-23(17-9-8-14(20)12-21-17)19(25)13-5-3-6-15(11-13)22-18(24)16-7-4-10-26-16/h3-12H,2H2,1H3,(H,22,24). The quantitative estimate of drug-likeness (QED) is 0.674. The number of carbonyl (C=O) groups is 2. The fraction of sp³-hybridized carbons (Fsp3) is 0.105. The summed E-state index contributed by atoms with van der Waals surface area (Å²) in [6.07, 6.45) is 3.07. The van der Waals surface area contributed by atoms with E-state index in [-0.39, 0.29) is 17.6 Å². The number of anilines is 2. The van der Waals surface area contributed by atoms with Crippen LogP contribution in [0.2, 0.25) is 0 Å². The largest absolute Gasteiger partial charge is 0.459 e. The molecule has 0 saturated heterocycles. The molecular weight excluding hydrogens is 398 g/mol. The number of rotatable bonds is 5. The summed E-state index contributed by atoms with van der Waals surface area (Å²) in [6, 6.07) is 13.6. The first-order valence-corrected chi connectivity index (χ1v) is 8.76. The average molecular weight is 414 g/mol. The molecule has 0 atom stereocenters. The number of hydrogen-bond donors (Lipinski definition) is 1. The van der Waals surface area contributed by atoms with E-state index < -0.39 is 0 Å². The second-order valence-electron chi connectivity index (χ2n) is 5.40. The second kappa shape index (κ2) is 7.97. The summed E-state index contributed by atoms with van der Waals surface area (Å²) in [4.78, 5) is 30.8. The van der Waals surface area contributed by atoms with Gasteiger partial charge in [0.25, 0.3) is 11.8 Å². The maximum Gasteiger partial charge on any atom is 0.291 e. The molecule has 0 aliphatic heterocycles. The first-order valence-electron chi connectivity index (χ1n) is 7.97. The van der Waals surface area contributed by atoms with Crippen LogP contribution in [-0.4, -0.2) is 23.3 Å².